The zero-order chi connectivity index (χ0) is 9.97. The summed E-state index contributed by atoms with van der Waals surface area (Å²) in [5.74, 6) is -0.139. The maximum atomic E-state index is 10.3. The third-order valence-corrected chi connectivity index (χ3v) is 1.94. The van der Waals surface area contributed by atoms with Crippen LogP contribution in [0.1, 0.15) is 0 Å². The number of anilines is 1. The first-order chi connectivity index (χ1) is 6.75. The maximum absolute atomic E-state index is 10.3. The van der Waals surface area contributed by atoms with Crippen LogP contribution in [0.5, 0.6) is 0 Å². The summed E-state index contributed by atoms with van der Waals surface area (Å²) in [5.41, 5.74) is 0.781. The van der Waals surface area contributed by atoms with Gasteiger partial charge in [0.15, 0.2) is 6.20 Å². The highest BCUT2D eigenvalue weighted by atomic mass is 16.6. The van der Waals surface area contributed by atoms with Crippen molar-refractivity contribution in [2.24, 2.45) is 0 Å². The van der Waals surface area contributed by atoms with Crippen molar-refractivity contribution >= 4 is 11.5 Å². The highest BCUT2D eigenvalue weighted by Gasteiger charge is 2.18. The van der Waals surface area contributed by atoms with Crippen molar-refractivity contribution in [2.45, 2.75) is 6.04 Å². The molecular formula is C8H9N3O3. The molecule has 0 amide bonds. The zero-order valence-corrected chi connectivity index (χ0v) is 7.34. The predicted molar refractivity (Wildman–Crippen MR) is 49.1 cm³/mol. The minimum absolute atomic E-state index is 0.139. The van der Waals surface area contributed by atoms with Gasteiger partial charge in [0.25, 0.3) is 0 Å². The van der Waals surface area contributed by atoms with Crippen LogP contribution in [0.15, 0.2) is 18.3 Å². The Morgan fingerprint density at radius 3 is 2.79 bits per heavy atom. The molecule has 6 nitrogen and oxygen atoms in total. The Morgan fingerprint density at radius 1 is 1.57 bits per heavy atom. The second-order valence-electron chi connectivity index (χ2n) is 3.04. The molecule has 0 radical (unpaired) electrons. The van der Waals surface area contributed by atoms with Crippen molar-refractivity contribution in [3.8, 4) is 0 Å². The molecule has 6 heteroatoms. The molecule has 0 bridgehead atoms. The molecule has 0 aliphatic carbocycles. The summed E-state index contributed by atoms with van der Waals surface area (Å²) in [6, 6.07) is 3.32. The first kappa shape index (κ1) is 8.89. The van der Waals surface area contributed by atoms with E-state index in [-0.39, 0.29) is 5.82 Å². The van der Waals surface area contributed by atoms with Crippen molar-refractivity contribution in [3.05, 3.63) is 28.4 Å². The van der Waals surface area contributed by atoms with Crippen LogP contribution in [0.2, 0.25) is 0 Å². The lowest BCUT2D eigenvalue weighted by Crippen LogP contribution is -2.40. The van der Waals surface area contributed by atoms with Crippen molar-refractivity contribution in [2.75, 3.05) is 18.5 Å². The summed E-state index contributed by atoms with van der Waals surface area (Å²) in [6.45, 7) is 1.36. The van der Waals surface area contributed by atoms with Crippen molar-refractivity contribution in [3.63, 3.8) is 0 Å². The molecule has 1 saturated heterocycles. The van der Waals surface area contributed by atoms with Gasteiger partial charge in [-0.2, -0.15) is 0 Å². The third-order valence-electron chi connectivity index (χ3n) is 1.94. The minimum atomic E-state index is -0.518. The Labute approximate surface area is 80.1 Å². The fraction of sp³-hybridized carbons (Fsp3) is 0.375. The van der Waals surface area contributed by atoms with Crippen LogP contribution >= 0.6 is 0 Å². The number of pyridine rings is 1. The molecule has 0 aromatic carbocycles. The number of nitrogens with zero attached hydrogens (tertiary/aromatic N) is 2. The van der Waals surface area contributed by atoms with Gasteiger partial charge in [0, 0.05) is 6.07 Å². The number of nitrogens with one attached hydrogen (secondary N) is 1. The van der Waals surface area contributed by atoms with Crippen LogP contribution in [-0.2, 0) is 4.74 Å². The molecule has 74 valence electrons. The highest BCUT2D eigenvalue weighted by molar-refractivity contribution is 5.44. The molecule has 1 aromatic heterocycles. The summed E-state index contributed by atoms with van der Waals surface area (Å²) in [6.07, 6.45) is 1.45. The Balaban J connectivity index is 2.01. The normalized spacial score (nSPS) is 16.0. The summed E-state index contributed by atoms with van der Waals surface area (Å²) in [5, 5.41) is 13.4. The first-order valence-corrected chi connectivity index (χ1v) is 4.20. The van der Waals surface area contributed by atoms with Gasteiger partial charge in [-0.1, -0.05) is 0 Å². The minimum Gasteiger partial charge on any atom is -0.377 e. The van der Waals surface area contributed by atoms with Gasteiger partial charge < -0.3 is 20.2 Å². The van der Waals surface area contributed by atoms with E-state index in [0.29, 0.717) is 19.3 Å². The van der Waals surface area contributed by atoms with Crippen LogP contribution in [0.25, 0.3) is 0 Å². The van der Waals surface area contributed by atoms with Gasteiger partial charge in [0.1, 0.15) is 0 Å². The zero-order valence-electron chi connectivity index (χ0n) is 7.34. The Morgan fingerprint density at radius 2 is 2.36 bits per heavy atom. The molecule has 1 N–H and O–H groups in total. The van der Waals surface area contributed by atoms with Crippen molar-refractivity contribution in [1.29, 1.82) is 0 Å². The van der Waals surface area contributed by atoms with Gasteiger partial charge in [-0.25, -0.2) is 0 Å². The lowest BCUT2D eigenvalue weighted by atomic mass is 10.2. The predicted octanol–water partition coefficient (Wildman–Crippen LogP) is 0.800. The van der Waals surface area contributed by atoms with Crippen LogP contribution in [0.3, 0.4) is 0 Å². The van der Waals surface area contributed by atoms with Crippen LogP contribution < -0.4 is 5.32 Å². The topological polar surface area (TPSA) is 77.3 Å². The number of rotatable bonds is 3. The molecule has 0 atom stereocenters. The SMILES string of the molecule is O=[N+]([O-])c1ccc(NC2COC2)cn1. The third kappa shape index (κ3) is 1.80. The number of hydrogen-bond donors (Lipinski definition) is 1. The van der Waals surface area contributed by atoms with Gasteiger partial charge in [-0.15, -0.1) is 0 Å². The molecule has 1 aliphatic rings. The van der Waals surface area contributed by atoms with Gasteiger partial charge in [-0.3, -0.25) is 0 Å². The Bertz CT molecular complexity index is 334. The van der Waals surface area contributed by atoms with E-state index in [0.717, 1.165) is 5.69 Å². The first-order valence-electron chi connectivity index (χ1n) is 4.20. The Hall–Kier alpha value is -1.69. The molecule has 1 aliphatic heterocycles. The largest absolute Gasteiger partial charge is 0.377 e. The van der Waals surface area contributed by atoms with E-state index in [9.17, 15) is 10.1 Å². The number of ether oxygens (including phenoxy) is 1. The quantitative estimate of drug-likeness (QED) is 0.570. The average molecular weight is 195 g/mol. The highest BCUT2D eigenvalue weighted by Crippen LogP contribution is 2.14. The van der Waals surface area contributed by atoms with E-state index < -0.39 is 4.92 Å². The van der Waals surface area contributed by atoms with E-state index in [1.54, 1.807) is 6.07 Å². The van der Waals surface area contributed by atoms with Gasteiger partial charge in [0.05, 0.1) is 24.9 Å². The molecule has 14 heavy (non-hydrogen) atoms. The van der Waals surface area contributed by atoms with E-state index in [2.05, 4.69) is 10.3 Å². The molecule has 1 aromatic rings. The standard InChI is InChI=1S/C8H9N3O3/c12-11(13)8-2-1-6(3-9-8)10-7-4-14-5-7/h1-3,7,10H,4-5H2. The fourth-order valence-electron chi connectivity index (χ4n) is 1.13. The lowest BCUT2D eigenvalue weighted by Gasteiger charge is -2.27. The lowest BCUT2D eigenvalue weighted by molar-refractivity contribution is -0.389. The van der Waals surface area contributed by atoms with E-state index >= 15 is 0 Å². The summed E-state index contributed by atoms with van der Waals surface area (Å²) in [4.78, 5) is 13.5. The molecular weight excluding hydrogens is 186 g/mol. The van der Waals surface area contributed by atoms with E-state index in [1.165, 1.54) is 12.3 Å². The second kappa shape index (κ2) is 3.59. The van der Waals surface area contributed by atoms with E-state index in [4.69, 9.17) is 4.74 Å². The summed E-state index contributed by atoms with van der Waals surface area (Å²) < 4.78 is 4.98. The van der Waals surface area contributed by atoms with Gasteiger partial charge >= 0.3 is 5.82 Å². The molecule has 0 unspecified atom stereocenters. The number of aromatic nitrogens is 1. The number of nitro groups is 1. The fourth-order valence-corrected chi connectivity index (χ4v) is 1.13. The monoisotopic (exact) mass is 195 g/mol. The van der Waals surface area contributed by atoms with Gasteiger partial charge in [0.2, 0.25) is 0 Å². The van der Waals surface area contributed by atoms with Crippen molar-refractivity contribution < 1.29 is 9.66 Å². The number of hydrogen-bond acceptors (Lipinski definition) is 5. The van der Waals surface area contributed by atoms with Crippen molar-refractivity contribution in [1.82, 2.24) is 4.98 Å². The molecule has 2 rings (SSSR count). The maximum Gasteiger partial charge on any atom is 0.363 e. The average Bonchev–Trinajstić information content (AvgIpc) is 2.12. The molecule has 0 spiro atoms. The second-order valence-corrected chi connectivity index (χ2v) is 3.04. The summed E-state index contributed by atoms with van der Waals surface area (Å²) in [7, 11) is 0. The van der Waals surface area contributed by atoms with E-state index in [1.807, 2.05) is 0 Å². The Kier molecular flexibility index (Phi) is 2.28. The molecule has 2 heterocycles. The molecule has 0 saturated carbocycles. The van der Waals surface area contributed by atoms with Crippen LogP contribution in [-0.4, -0.2) is 29.2 Å². The summed E-state index contributed by atoms with van der Waals surface area (Å²) >= 11 is 0. The molecule has 1 fully saturated rings. The van der Waals surface area contributed by atoms with Crippen LogP contribution in [0.4, 0.5) is 11.5 Å². The van der Waals surface area contributed by atoms with Crippen LogP contribution in [0, 0.1) is 10.1 Å². The smallest absolute Gasteiger partial charge is 0.363 e. The van der Waals surface area contributed by atoms with Gasteiger partial charge in [-0.05, 0) is 16.0 Å².